The lowest BCUT2D eigenvalue weighted by Gasteiger charge is -2.27. The summed E-state index contributed by atoms with van der Waals surface area (Å²) in [6, 6.07) is 2.58. The van der Waals surface area contributed by atoms with Crippen molar-refractivity contribution in [3.63, 3.8) is 0 Å². The van der Waals surface area contributed by atoms with Crippen LogP contribution in [0.5, 0.6) is 0 Å². The van der Waals surface area contributed by atoms with Crippen LogP contribution in [-0.2, 0) is 23.1 Å². The number of aliphatic hydroxyl groups excluding tert-OH is 1. The number of aryl methyl sites for hydroxylation is 1. The Morgan fingerprint density at radius 2 is 2.03 bits per heavy atom. The topological polar surface area (TPSA) is 91.6 Å². The van der Waals surface area contributed by atoms with Gasteiger partial charge in [-0.15, -0.1) is 0 Å². The molecule has 2 aromatic rings. The van der Waals surface area contributed by atoms with Gasteiger partial charge < -0.3 is 5.11 Å². The second-order valence-corrected chi connectivity index (χ2v) is 9.69. The zero-order valence-corrected chi connectivity index (χ0v) is 16.8. The monoisotopic (exact) mass is 427 g/mol. The molecule has 8 nitrogen and oxygen atoms in total. The first-order valence-electron chi connectivity index (χ1n) is 9.44. The van der Waals surface area contributed by atoms with Crippen molar-refractivity contribution in [1.29, 1.82) is 0 Å². The van der Waals surface area contributed by atoms with Crippen molar-refractivity contribution in [1.82, 2.24) is 24.0 Å². The molecular weight excluding hydrogens is 404 g/mol. The molecule has 2 fully saturated rings. The highest BCUT2D eigenvalue weighted by Crippen LogP contribution is 2.44. The normalized spacial score (nSPS) is 25.6. The Hall–Kier alpha value is -1.95. The first-order chi connectivity index (χ1) is 13.8. The number of likely N-dealkylation sites (tertiary alicyclic amines) is 1. The van der Waals surface area contributed by atoms with Gasteiger partial charge in [-0.05, 0) is 31.0 Å². The van der Waals surface area contributed by atoms with Crippen molar-refractivity contribution in [2.75, 3.05) is 32.8 Å². The SMILES string of the molecule is CCn1ncnc1CN1CC2CN(S(=O)(=O)c3ccc(F)c(F)c3)CC2(CO)C1. The predicted octanol–water partition coefficient (Wildman–Crippen LogP) is 0.691. The van der Waals surface area contributed by atoms with Crippen molar-refractivity contribution >= 4 is 10.0 Å². The van der Waals surface area contributed by atoms with E-state index < -0.39 is 27.1 Å². The quantitative estimate of drug-likeness (QED) is 0.730. The van der Waals surface area contributed by atoms with Crippen LogP contribution >= 0.6 is 0 Å². The number of hydrogen-bond acceptors (Lipinski definition) is 6. The van der Waals surface area contributed by atoms with E-state index in [9.17, 15) is 22.3 Å². The Kier molecular flexibility index (Phi) is 5.18. The highest BCUT2D eigenvalue weighted by molar-refractivity contribution is 7.89. The third kappa shape index (κ3) is 3.45. The fourth-order valence-electron chi connectivity index (χ4n) is 4.43. The van der Waals surface area contributed by atoms with Crippen LogP contribution in [0.25, 0.3) is 0 Å². The Morgan fingerprint density at radius 1 is 1.24 bits per heavy atom. The minimum Gasteiger partial charge on any atom is -0.396 e. The maximum atomic E-state index is 13.5. The Bertz CT molecular complexity index is 1010. The van der Waals surface area contributed by atoms with E-state index in [2.05, 4.69) is 15.0 Å². The molecule has 2 aliphatic heterocycles. The minimum atomic E-state index is -3.98. The van der Waals surface area contributed by atoms with Crippen LogP contribution in [-0.4, -0.2) is 70.3 Å². The van der Waals surface area contributed by atoms with Crippen LogP contribution in [0.2, 0.25) is 0 Å². The number of aliphatic hydroxyl groups is 1. The molecule has 1 aromatic carbocycles. The van der Waals surface area contributed by atoms with Gasteiger partial charge in [0.25, 0.3) is 0 Å². The molecule has 0 saturated carbocycles. The van der Waals surface area contributed by atoms with Gasteiger partial charge in [0, 0.05) is 38.1 Å². The summed E-state index contributed by atoms with van der Waals surface area (Å²) in [6.07, 6.45) is 1.51. The van der Waals surface area contributed by atoms with E-state index in [1.54, 1.807) is 4.68 Å². The summed E-state index contributed by atoms with van der Waals surface area (Å²) in [5, 5.41) is 14.3. The molecule has 1 N–H and O–H groups in total. The average molecular weight is 427 g/mol. The summed E-state index contributed by atoms with van der Waals surface area (Å²) < 4.78 is 55.7. The standard InChI is InChI=1S/C18H23F2N5O3S/c1-2-25-17(21-12-22-25)8-23-6-13-7-24(10-18(13,9-23)11-26)29(27,28)14-3-4-15(19)16(20)5-14/h3-5,12-13,26H,2,6-11H2,1H3. The van der Waals surface area contributed by atoms with Crippen LogP contribution in [0.4, 0.5) is 8.78 Å². The summed E-state index contributed by atoms with van der Waals surface area (Å²) in [5.41, 5.74) is -0.595. The maximum absolute atomic E-state index is 13.5. The van der Waals surface area contributed by atoms with Gasteiger partial charge in [-0.3, -0.25) is 4.90 Å². The lowest BCUT2D eigenvalue weighted by Crippen LogP contribution is -2.39. The summed E-state index contributed by atoms with van der Waals surface area (Å²) >= 11 is 0. The molecule has 0 amide bonds. The lowest BCUT2D eigenvalue weighted by atomic mass is 9.82. The largest absolute Gasteiger partial charge is 0.396 e. The molecule has 2 aliphatic rings. The summed E-state index contributed by atoms with van der Waals surface area (Å²) in [5.74, 6) is -1.53. The number of fused-ring (bicyclic) bond motifs is 1. The zero-order chi connectivity index (χ0) is 20.8. The molecule has 2 unspecified atom stereocenters. The van der Waals surface area contributed by atoms with Crippen molar-refractivity contribution in [2.45, 2.75) is 24.9 Å². The van der Waals surface area contributed by atoms with Gasteiger partial charge in [0.1, 0.15) is 12.2 Å². The molecule has 2 atom stereocenters. The van der Waals surface area contributed by atoms with Crippen molar-refractivity contribution in [3.8, 4) is 0 Å². The Balaban J connectivity index is 1.51. The molecule has 0 radical (unpaired) electrons. The first-order valence-corrected chi connectivity index (χ1v) is 10.9. The predicted molar refractivity (Wildman–Crippen MR) is 99.1 cm³/mol. The highest BCUT2D eigenvalue weighted by Gasteiger charge is 2.54. The van der Waals surface area contributed by atoms with E-state index in [1.807, 2.05) is 6.92 Å². The van der Waals surface area contributed by atoms with E-state index in [0.717, 1.165) is 18.0 Å². The molecule has 0 aliphatic carbocycles. The summed E-state index contributed by atoms with van der Waals surface area (Å²) in [6.45, 7) is 4.59. The van der Waals surface area contributed by atoms with E-state index in [1.165, 1.54) is 10.6 Å². The average Bonchev–Trinajstić information content (AvgIpc) is 3.36. The zero-order valence-electron chi connectivity index (χ0n) is 16.0. The van der Waals surface area contributed by atoms with Crippen LogP contribution < -0.4 is 0 Å². The minimum absolute atomic E-state index is 0.0643. The van der Waals surface area contributed by atoms with Crippen LogP contribution in [0, 0.1) is 23.0 Å². The van der Waals surface area contributed by atoms with Gasteiger partial charge in [-0.1, -0.05) is 0 Å². The molecular formula is C18H23F2N5O3S. The number of sulfonamides is 1. The van der Waals surface area contributed by atoms with Crippen molar-refractivity contribution < 1.29 is 22.3 Å². The van der Waals surface area contributed by atoms with Crippen LogP contribution in [0.15, 0.2) is 29.4 Å². The first kappa shape index (κ1) is 20.3. The third-order valence-corrected chi connectivity index (χ3v) is 7.81. The molecule has 29 heavy (non-hydrogen) atoms. The third-order valence-electron chi connectivity index (χ3n) is 6.00. The van der Waals surface area contributed by atoms with Gasteiger partial charge in [-0.2, -0.15) is 9.40 Å². The van der Waals surface area contributed by atoms with Crippen molar-refractivity contribution in [3.05, 3.63) is 42.0 Å². The van der Waals surface area contributed by atoms with E-state index in [0.29, 0.717) is 32.2 Å². The summed E-state index contributed by atoms with van der Waals surface area (Å²) in [7, 11) is -3.98. The van der Waals surface area contributed by atoms with E-state index >= 15 is 0 Å². The summed E-state index contributed by atoms with van der Waals surface area (Å²) in [4.78, 5) is 6.15. The molecule has 0 bridgehead atoms. The molecule has 11 heteroatoms. The smallest absolute Gasteiger partial charge is 0.243 e. The van der Waals surface area contributed by atoms with E-state index in [4.69, 9.17) is 0 Å². The molecule has 0 spiro atoms. The molecule has 3 heterocycles. The van der Waals surface area contributed by atoms with Crippen LogP contribution in [0.3, 0.4) is 0 Å². The fourth-order valence-corrected chi connectivity index (χ4v) is 6.02. The maximum Gasteiger partial charge on any atom is 0.243 e. The van der Waals surface area contributed by atoms with Crippen molar-refractivity contribution in [2.24, 2.45) is 11.3 Å². The fraction of sp³-hybridized carbons (Fsp3) is 0.556. The Labute approximate surface area is 167 Å². The van der Waals surface area contributed by atoms with E-state index in [-0.39, 0.29) is 30.5 Å². The van der Waals surface area contributed by atoms with Gasteiger partial charge in [0.15, 0.2) is 11.6 Å². The Morgan fingerprint density at radius 3 is 2.69 bits per heavy atom. The molecule has 158 valence electrons. The number of halogens is 2. The molecule has 2 saturated heterocycles. The molecule has 4 rings (SSSR count). The number of aromatic nitrogens is 3. The second-order valence-electron chi connectivity index (χ2n) is 7.75. The van der Waals surface area contributed by atoms with Gasteiger partial charge in [0.05, 0.1) is 18.0 Å². The lowest BCUT2D eigenvalue weighted by molar-refractivity contribution is 0.118. The number of nitrogens with zero attached hydrogens (tertiary/aromatic N) is 5. The second kappa shape index (κ2) is 7.38. The highest BCUT2D eigenvalue weighted by atomic mass is 32.2. The number of hydrogen-bond donors (Lipinski definition) is 1. The van der Waals surface area contributed by atoms with Gasteiger partial charge in [-0.25, -0.2) is 26.9 Å². The number of rotatable bonds is 6. The molecule has 1 aromatic heterocycles. The van der Waals surface area contributed by atoms with Crippen LogP contribution in [0.1, 0.15) is 12.7 Å². The van der Waals surface area contributed by atoms with Gasteiger partial charge >= 0.3 is 0 Å². The number of benzene rings is 1. The van der Waals surface area contributed by atoms with Gasteiger partial charge in [0.2, 0.25) is 10.0 Å².